The Bertz CT molecular complexity index is 1460. The molecule has 0 aliphatic rings. The summed E-state index contributed by atoms with van der Waals surface area (Å²) in [6, 6.07) is 11.0. The third kappa shape index (κ3) is 4.42. The quantitative estimate of drug-likeness (QED) is 0.401. The van der Waals surface area contributed by atoms with E-state index in [1.54, 1.807) is 42.5 Å². The second-order valence-corrected chi connectivity index (χ2v) is 7.80. The molecule has 9 heteroatoms. The van der Waals surface area contributed by atoms with Gasteiger partial charge in [-0.15, -0.1) is 0 Å². The average molecular weight is 451 g/mol. The van der Waals surface area contributed by atoms with E-state index in [0.29, 0.717) is 33.8 Å². The topological polar surface area (TPSA) is 82.8 Å². The van der Waals surface area contributed by atoms with Gasteiger partial charge in [-0.3, -0.25) is 9.59 Å². The van der Waals surface area contributed by atoms with Gasteiger partial charge >= 0.3 is 0 Å². The van der Waals surface area contributed by atoms with Crippen LogP contribution in [0.5, 0.6) is 11.5 Å². The Morgan fingerprint density at radius 1 is 1.16 bits per heavy atom. The molecular formula is C23H18FN3O4S. The highest BCUT2D eigenvalue weighted by Crippen LogP contribution is 2.28. The summed E-state index contributed by atoms with van der Waals surface area (Å²) in [5.74, 6) is 0.702. The first-order chi connectivity index (χ1) is 15.5. The van der Waals surface area contributed by atoms with E-state index in [9.17, 15) is 14.0 Å². The third-order valence-electron chi connectivity index (χ3n) is 4.58. The Kier molecular flexibility index (Phi) is 6.09. The van der Waals surface area contributed by atoms with Gasteiger partial charge in [-0.25, -0.2) is 4.39 Å². The van der Waals surface area contributed by atoms with Gasteiger partial charge < -0.3 is 9.47 Å². The van der Waals surface area contributed by atoms with Crippen molar-refractivity contribution in [2.75, 3.05) is 13.7 Å². The summed E-state index contributed by atoms with van der Waals surface area (Å²) in [6.07, 6.45) is 3.45. The van der Waals surface area contributed by atoms with Crippen LogP contribution in [0, 0.1) is 5.82 Å². The van der Waals surface area contributed by atoms with Crippen molar-refractivity contribution in [3.63, 3.8) is 0 Å². The van der Waals surface area contributed by atoms with Crippen LogP contribution in [0.2, 0.25) is 0 Å². The molecule has 2 aromatic heterocycles. The number of fused-ring (bicyclic) bond motifs is 1. The van der Waals surface area contributed by atoms with E-state index in [1.165, 1.54) is 19.2 Å². The molecule has 2 aromatic carbocycles. The zero-order valence-electron chi connectivity index (χ0n) is 17.1. The van der Waals surface area contributed by atoms with Crippen molar-refractivity contribution >= 4 is 22.4 Å². The fourth-order valence-electron chi connectivity index (χ4n) is 3.04. The molecule has 0 aliphatic carbocycles. The zero-order chi connectivity index (χ0) is 22.7. The summed E-state index contributed by atoms with van der Waals surface area (Å²) in [5, 5.41) is 4.21. The number of rotatable bonds is 7. The number of thiazole rings is 1. The largest absolute Gasteiger partial charge is 0.493 e. The van der Waals surface area contributed by atoms with E-state index >= 15 is 0 Å². The van der Waals surface area contributed by atoms with E-state index in [0.717, 1.165) is 15.9 Å². The third-order valence-corrected chi connectivity index (χ3v) is 5.54. The number of aromatic nitrogens is 3. The van der Waals surface area contributed by atoms with Crippen LogP contribution in [0.1, 0.15) is 16.8 Å². The number of benzene rings is 2. The van der Waals surface area contributed by atoms with Crippen LogP contribution in [0.4, 0.5) is 4.39 Å². The van der Waals surface area contributed by atoms with Crippen molar-refractivity contribution in [1.29, 1.82) is 0 Å². The zero-order valence-corrected chi connectivity index (χ0v) is 17.9. The highest BCUT2D eigenvalue weighted by atomic mass is 32.1. The van der Waals surface area contributed by atoms with Crippen LogP contribution < -0.4 is 25.1 Å². The smallest absolute Gasteiger partial charge is 0.296 e. The van der Waals surface area contributed by atoms with Gasteiger partial charge in [0, 0.05) is 6.42 Å². The Labute approximate surface area is 185 Å². The van der Waals surface area contributed by atoms with Crippen molar-refractivity contribution in [3.8, 4) is 11.5 Å². The first-order valence-electron chi connectivity index (χ1n) is 9.59. The molecule has 2 heterocycles. The van der Waals surface area contributed by atoms with Crippen molar-refractivity contribution in [2.45, 2.75) is 6.42 Å². The summed E-state index contributed by atoms with van der Waals surface area (Å²) in [4.78, 5) is 29.5. The van der Waals surface area contributed by atoms with E-state index in [-0.39, 0.29) is 28.5 Å². The molecular weight excluding hydrogens is 433 g/mol. The maximum Gasteiger partial charge on any atom is 0.296 e. The van der Waals surface area contributed by atoms with Crippen molar-refractivity contribution in [1.82, 2.24) is 14.6 Å². The number of ether oxygens (including phenoxy) is 2. The van der Waals surface area contributed by atoms with Gasteiger partial charge in [0.2, 0.25) is 4.96 Å². The molecule has 0 aliphatic heterocycles. The molecule has 0 N–H and O–H groups in total. The number of methoxy groups -OCH3 is 1. The minimum atomic E-state index is -0.521. The lowest BCUT2D eigenvalue weighted by Crippen LogP contribution is -2.28. The van der Waals surface area contributed by atoms with Gasteiger partial charge in [-0.1, -0.05) is 42.2 Å². The molecule has 4 aromatic rings. The summed E-state index contributed by atoms with van der Waals surface area (Å²) < 4.78 is 25.5. The van der Waals surface area contributed by atoms with Crippen LogP contribution in [-0.4, -0.2) is 28.3 Å². The predicted molar refractivity (Wildman–Crippen MR) is 120 cm³/mol. The number of hydrogen-bond donors (Lipinski definition) is 0. The van der Waals surface area contributed by atoms with E-state index < -0.39 is 5.56 Å². The predicted octanol–water partition coefficient (Wildman–Crippen LogP) is 2.36. The van der Waals surface area contributed by atoms with Gasteiger partial charge in [-0.05, 0) is 41.5 Å². The highest BCUT2D eigenvalue weighted by Gasteiger charge is 2.12. The standard InChI is InChI=1S/C23H18FN3O4S/c1-3-10-31-18-9-6-15(12-19(18)30-2)13-20-22(29)27-23(32-20)25-21(28)17(26-27)11-14-4-7-16(24)8-5-14/h3-9,12-13H,1,10-11H2,2H3/b20-13+. The number of halogens is 1. The molecule has 0 fully saturated rings. The normalized spacial score (nSPS) is 11.6. The highest BCUT2D eigenvalue weighted by molar-refractivity contribution is 7.15. The molecule has 32 heavy (non-hydrogen) atoms. The minimum Gasteiger partial charge on any atom is -0.493 e. The molecule has 4 rings (SSSR count). The van der Waals surface area contributed by atoms with E-state index in [2.05, 4.69) is 16.7 Å². The van der Waals surface area contributed by atoms with Gasteiger partial charge in [0.15, 0.2) is 11.5 Å². The van der Waals surface area contributed by atoms with Gasteiger partial charge in [0.1, 0.15) is 18.1 Å². The first kappa shape index (κ1) is 21.4. The maximum absolute atomic E-state index is 13.1. The van der Waals surface area contributed by atoms with Gasteiger partial charge in [0.25, 0.3) is 11.1 Å². The van der Waals surface area contributed by atoms with E-state index in [4.69, 9.17) is 9.47 Å². The molecule has 0 saturated heterocycles. The van der Waals surface area contributed by atoms with Crippen molar-refractivity contribution in [2.24, 2.45) is 0 Å². The van der Waals surface area contributed by atoms with Crippen LogP contribution in [-0.2, 0) is 6.42 Å². The molecule has 0 spiro atoms. The molecule has 0 bridgehead atoms. The maximum atomic E-state index is 13.1. The van der Waals surface area contributed by atoms with E-state index in [1.807, 2.05) is 0 Å². The second-order valence-electron chi connectivity index (χ2n) is 6.79. The Hall–Kier alpha value is -3.85. The lowest BCUT2D eigenvalue weighted by Gasteiger charge is -2.09. The SMILES string of the molecule is C=CCOc1ccc(/C=c2/sc3nc(=O)c(Cc4ccc(F)cc4)nn3c2=O)cc1OC. The van der Waals surface area contributed by atoms with Crippen LogP contribution in [0.3, 0.4) is 0 Å². The summed E-state index contributed by atoms with van der Waals surface area (Å²) in [5.41, 5.74) is 0.612. The molecule has 0 amide bonds. The van der Waals surface area contributed by atoms with Crippen LogP contribution >= 0.6 is 11.3 Å². The lowest BCUT2D eigenvalue weighted by molar-refractivity contribution is 0.326. The Balaban J connectivity index is 1.73. The molecule has 0 atom stereocenters. The van der Waals surface area contributed by atoms with Gasteiger partial charge in [0.05, 0.1) is 11.6 Å². The summed E-state index contributed by atoms with van der Waals surface area (Å²) >= 11 is 1.07. The fourth-order valence-corrected chi connectivity index (χ4v) is 3.95. The minimum absolute atomic E-state index is 0.112. The fraction of sp³-hybridized carbons (Fsp3) is 0.130. The van der Waals surface area contributed by atoms with Crippen LogP contribution in [0.25, 0.3) is 11.0 Å². The summed E-state index contributed by atoms with van der Waals surface area (Å²) in [7, 11) is 1.53. The first-order valence-corrected chi connectivity index (χ1v) is 10.4. The Morgan fingerprint density at radius 2 is 1.94 bits per heavy atom. The molecule has 7 nitrogen and oxygen atoms in total. The molecule has 162 valence electrons. The number of nitrogens with zero attached hydrogens (tertiary/aromatic N) is 3. The second kappa shape index (κ2) is 9.11. The monoisotopic (exact) mass is 451 g/mol. The molecule has 0 unspecified atom stereocenters. The molecule has 0 radical (unpaired) electrons. The van der Waals surface area contributed by atoms with Gasteiger partial charge in [-0.2, -0.15) is 14.6 Å². The molecule has 0 saturated carbocycles. The summed E-state index contributed by atoms with van der Waals surface area (Å²) in [6.45, 7) is 3.96. The van der Waals surface area contributed by atoms with Crippen molar-refractivity contribution < 1.29 is 13.9 Å². The average Bonchev–Trinajstić information content (AvgIpc) is 3.08. The Morgan fingerprint density at radius 3 is 2.66 bits per heavy atom. The van der Waals surface area contributed by atoms with Crippen molar-refractivity contribution in [3.05, 3.63) is 103 Å². The number of hydrogen-bond acceptors (Lipinski definition) is 7. The van der Waals surface area contributed by atoms with Crippen LogP contribution in [0.15, 0.2) is 64.7 Å². The lowest BCUT2D eigenvalue weighted by atomic mass is 10.1.